The number of hydrogen-bond donors (Lipinski definition) is 0. The number of hydrazone groups is 1. The minimum Gasteiger partial charge on any atom is -0.494 e. The first-order valence-corrected chi connectivity index (χ1v) is 10.8. The summed E-state index contributed by atoms with van der Waals surface area (Å²) in [5.41, 5.74) is 3.22. The van der Waals surface area contributed by atoms with Gasteiger partial charge in [0, 0.05) is 37.9 Å². The van der Waals surface area contributed by atoms with Crippen molar-refractivity contribution in [1.82, 2.24) is 9.91 Å². The van der Waals surface area contributed by atoms with Crippen LogP contribution in [0.1, 0.15) is 50.3 Å². The van der Waals surface area contributed by atoms with Gasteiger partial charge in [-0.3, -0.25) is 0 Å². The summed E-state index contributed by atoms with van der Waals surface area (Å²) < 4.78 is 12.3. The quantitative estimate of drug-likeness (QED) is 0.772. The third-order valence-electron chi connectivity index (χ3n) is 6.49. The van der Waals surface area contributed by atoms with E-state index in [1.165, 1.54) is 11.1 Å². The third-order valence-corrected chi connectivity index (χ3v) is 6.49. The molecule has 3 aliphatic rings. The second-order valence-corrected chi connectivity index (χ2v) is 8.09. The molecule has 29 heavy (non-hydrogen) atoms. The molecule has 0 saturated carbocycles. The molecule has 0 radical (unpaired) electrons. The second-order valence-electron chi connectivity index (χ2n) is 8.09. The summed E-state index contributed by atoms with van der Waals surface area (Å²) in [6.45, 7) is 8.12. The topological polar surface area (TPSA) is 37.3 Å². The highest BCUT2D eigenvalue weighted by atomic mass is 16.5. The number of ether oxygens (including phenoxy) is 2. The molecule has 2 aromatic carbocycles. The van der Waals surface area contributed by atoms with Crippen molar-refractivity contribution >= 4 is 5.71 Å². The van der Waals surface area contributed by atoms with Crippen molar-refractivity contribution in [2.75, 3.05) is 26.2 Å². The van der Waals surface area contributed by atoms with Crippen LogP contribution in [0.5, 0.6) is 11.5 Å². The Morgan fingerprint density at radius 2 is 1.83 bits per heavy atom. The number of nitrogens with zero attached hydrogens (tertiary/aromatic N) is 3. The van der Waals surface area contributed by atoms with E-state index in [0.29, 0.717) is 6.61 Å². The smallest absolute Gasteiger partial charge is 0.200 e. The van der Waals surface area contributed by atoms with Gasteiger partial charge in [0.2, 0.25) is 5.72 Å². The van der Waals surface area contributed by atoms with E-state index in [0.717, 1.165) is 56.1 Å². The fourth-order valence-electron chi connectivity index (χ4n) is 4.86. The van der Waals surface area contributed by atoms with Crippen LogP contribution >= 0.6 is 0 Å². The van der Waals surface area contributed by atoms with Crippen molar-refractivity contribution < 1.29 is 9.47 Å². The molecule has 5 rings (SSSR count). The van der Waals surface area contributed by atoms with E-state index in [9.17, 15) is 0 Å². The maximum Gasteiger partial charge on any atom is 0.200 e. The highest BCUT2D eigenvalue weighted by Crippen LogP contribution is 2.49. The van der Waals surface area contributed by atoms with E-state index < -0.39 is 0 Å². The van der Waals surface area contributed by atoms with E-state index >= 15 is 0 Å². The lowest BCUT2D eigenvalue weighted by Crippen LogP contribution is -2.59. The van der Waals surface area contributed by atoms with Crippen molar-refractivity contribution in [3.8, 4) is 11.5 Å². The van der Waals surface area contributed by atoms with Crippen LogP contribution in [0.15, 0.2) is 53.6 Å². The van der Waals surface area contributed by atoms with Crippen LogP contribution in [0, 0.1) is 0 Å². The summed E-state index contributed by atoms with van der Waals surface area (Å²) in [5, 5.41) is 7.43. The van der Waals surface area contributed by atoms with Gasteiger partial charge in [-0.05, 0) is 49.4 Å². The van der Waals surface area contributed by atoms with E-state index in [1.807, 2.05) is 19.1 Å². The fourth-order valence-corrected chi connectivity index (χ4v) is 4.86. The maximum atomic E-state index is 6.67. The Bertz CT molecular complexity index is 901. The molecular formula is C24H29N3O2. The third kappa shape index (κ3) is 3.18. The molecule has 0 aliphatic carbocycles. The minimum atomic E-state index is -0.336. The number of para-hydroxylation sites is 1. The lowest BCUT2D eigenvalue weighted by atomic mass is 9.90. The van der Waals surface area contributed by atoms with E-state index in [-0.39, 0.29) is 11.8 Å². The van der Waals surface area contributed by atoms with Gasteiger partial charge in [0.1, 0.15) is 11.5 Å². The Hall–Kier alpha value is -2.53. The number of piperidine rings is 1. The number of likely N-dealkylation sites (tertiary alicyclic amines) is 1. The Morgan fingerprint density at radius 3 is 2.55 bits per heavy atom. The minimum absolute atomic E-state index is 0.245. The van der Waals surface area contributed by atoms with Crippen molar-refractivity contribution in [3.63, 3.8) is 0 Å². The molecule has 3 aliphatic heterocycles. The highest BCUT2D eigenvalue weighted by Gasteiger charge is 2.51. The molecule has 1 fully saturated rings. The molecule has 0 N–H and O–H groups in total. The average Bonchev–Trinajstić information content (AvgIpc) is 3.22. The Kier molecular flexibility index (Phi) is 4.70. The number of hydrogen-bond acceptors (Lipinski definition) is 5. The molecule has 0 aromatic heterocycles. The molecule has 0 bridgehead atoms. The molecule has 1 spiro atoms. The van der Waals surface area contributed by atoms with Crippen molar-refractivity contribution in [2.45, 2.75) is 44.9 Å². The van der Waals surface area contributed by atoms with Crippen LogP contribution in [-0.2, 0) is 0 Å². The van der Waals surface area contributed by atoms with Crippen molar-refractivity contribution in [3.05, 3.63) is 59.7 Å². The van der Waals surface area contributed by atoms with Crippen LogP contribution in [0.4, 0.5) is 0 Å². The summed E-state index contributed by atoms with van der Waals surface area (Å²) in [6.07, 6.45) is 2.87. The monoisotopic (exact) mass is 391 g/mol. The van der Waals surface area contributed by atoms with Gasteiger partial charge in [0.05, 0.1) is 18.4 Å². The van der Waals surface area contributed by atoms with Gasteiger partial charge in [0.15, 0.2) is 0 Å². The molecule has 1 atom stereocenters. The van der Waals surface area contributed by atoms with Crippen LogP contribution in [-0.4, -0.2) is 47.6 Å². The van der Waals surface area contributed by atoms with E-state index in [2.05, 4.69) is 53.2 Å². The first kappa shape index (κ1) is 18.5. The maximum absolute atomic E-state index is 6.67. The predicted octanol–water partition coefficient (Wildman–Crippen LogP) is 4.44. The summed E-state index contributed by atoms with van der Waals surface area (Å²) in [5.74, 6) is 1.94. The normalized spacial score (nSPS) is 22.6. The number of rotatable bonds is 4. The standard InChI is InChI=1S/C24H29N3O2/c1-3-26-15-13-24(14-16-26)27-22(20-7-5-6-8-23(20)29-24)17-21(25-27)18-9-11-19(12-10-18)28-4-2/h5-12,22H,3-4,13-17H2,1-2H3/t22-/m1/s1. The summed E-state index contributed by atoms with van der Waals surface area (Å²) in [7, 11) is 0. The summed E-state index contributed by atoms with van der Waals surface area (Å²) in [4.78, 5) is 2.50. The highest BCUT2D eigenvalue weighted by molar-refractivity contribution is 6.02. The second kappa shape index (κ2) is 7.38. The van der Waals surface area contributed by atoms with Crippen LogP contribution in [0.25, 0.3) is 0 Å². The Morgan fingerprint density at radius 1 is 1.07 bits per heavy atom. The van der Waals surface area contributed by atoms with Gasteiger partial charge in [-0.25, -0.2) is 5.01 Å². The Balaban J connectivity index is 1.49. The Labute approximate surface area is 172 Å². The zero-order chi connectivity index (χ0) is 19.8. The largest absolute Gasteiger partial charge is 0.494 e. The van der Waals surface area contributed by atoms with Crippen LogP contribution in [0.3, 0.4) is 0 Å². The molecule has 5 nitrogen and oxygen atoms in total. The molecule has 3 heterocycles. The summed E-state index contributed by atoms with van der Waals surface area (Å²) >= 11 is 0. The van der Waals surface area contributed by atoms with Crippen molar-refractivity contribution in [1.29, 1.82) is 0 Å². The molecular weight excluding hydrogens is 362 g/mol. The van der Waals surface area contributed by atoms with Gasteiger partial charge in [0.25, 0.3) is 0 Å². The average molecular weight is 392 g/mol. The molecule has 1 saturated heterocycles. The lowest BCUT2D eigenvalue weighted by Gasteiger charge is -2.51. The SMILES string of the molecule is CCOc1ccc(C2=NN3[C@H](C2)c2ccccc2OC32CCN(CC)CC2)cc1. The molecule has 152 valence electrons. The van der Waals surface area contributed by atoms with Gasteiger partial charge in [-0.15, -0.1) is 0 Å². The lowest BCUT2D eigenvalue weighted by molar-refractivity contribution is -0.149. The predicted molar refractivity (Wildman–Crippen MR) is 114 cm³/mol. The molecule has 2 aromatic rings. The van der Waals surface area contributed by atoms with E-state index in [4.69, 9.17) is 14.6 Å². The molecule has 0 amide bonds. The van der Waals surface area contributed by atoms with Crippen LogP contribution < -0.4 is 9.47 Å². The molecule has 0 unspecified atom stereocenters. The number of benzene rings is 2. The zero-order valence-corrected chi connectivity index (χ0v) is 17.3. The first-order valence-electron chi connectivity index (χ1n) is 10.8. The van der Waals surface area contributed by atoms with E-state index in [1.54, 1.807) is 0 Å². The van der Waals surface area contributed by atoms with Gasteiger partial charge >= 0.3 is 0 Å². The number of fused-ring (bicyclic) bond motifs is 4. The molecule has 5 heteroatoms. The first-order chi connectivity index (χ1) is 14.2. The van der Waals surface area contributed by atoms with Crippen molar-refractivity contribution in [2.24, 2.45) is 5.10 Å². The van der Waals surface area contributed by atoms with Gasteiger partial charge < -0.3 is 14.4 Å². The zero-order valence-electron chi connectivity index (χ0n) is 17.3. The summed E-state index contributed by atoms with van der Waals surface area (Å²) in [6, 6.07) is 17.1. The van der Waals surface area contributed by atoms with Crippen LogP contribution in [0.2, 0.25) is 0 Å². The van der Waals surface area contributed by atoms with Gasteiger partial charge in [-0.2, -0.15) is 5.10 Å². The van der Waals surface area contributed by atoms with Gasteiger partial charge in [-0.1, -0.05) is 25.1 Å². The fraction of sp³-hybridized carbons (Fsp3) is 0.458.